The minimum atomic E-state index is 0. The molecule has 1 atom stereocenters. The summed E-state index contributed by atoms with van der Waals surface area (Å²) in [5.41, 5.74) is 10.4. The third kappa shape index (κ3) is 3.47. The first kappa shape index (κ1) is 15.5. The topological polar surface area (TPSA) is 29.3 Å². The quantitative estimate of drug-likeness (QED) is 0.913. The molecule has 2 nitrogen and oxygen atoms in total. The molecular formula is C15H25ClN2. The molecule has 1 aromatic carbocycles. The van der Waals surface area contributed by atoms with Gasteiger partial charge in [0.2, 0.25) is 0 Å². The lowest BCUT2D eigenvalue weighted by molar-refractivity contribution is 0.274. The molecule has 1 unspecified atom stereocenters. The fourth-order valence-electron chi connectivity index (χ4n) is 2.69. The molecule has 0 aromatic heterocycles. The van der Waals surface area contributed by atoms with Crippen LogP contribution in [0, 0.1) is 19.3 Å². The molecule has 1 heterocycles. The van der Waals surface area contributed by atoms with Crippen molar-refractivity contribution in [2.24, 2.45) is 11.1 Å². The number of hydrogen-bond acceptors (Lipinski definition) is 2. The molecule has 1 saturated heterocycles. The molecule has 0 amide bonds. The number of rotatable bonds is 3. The summed E-state index contributed by atoms with van der Waals surface area (Å²) in [6.45, 7) is 10.9. The van der Waals surface area contributed by atoms with Crippen molar-refractivity contribution < 1.29 is 0 Å². The van der Waals surface area contributed by atoms with Crippen LogP contribution >= 0.6 is 12.4 Å². The van der Waals surface area contributed by atoms with Crippen LogP contribution in [0.4, 0.5) is 0 Å². The molecule has 0 spiro atoms. The molecule has 0 saturated carbocycles. The highest BCUT2D eigenvalue weighted by molar-refractivity contribution is 5.85. The number of likely N-dealkylation sites (tertiary alicyclic amines) is 1. The summed E-state index contributed by atoms with van der Waals surface area (Å²) in [5, 5.41) is 0. The summed E-state index contributed by atoms with van der Waals surface area (Å²) >= 11 is 0. The molecule has 1 aliphatic rings. The monoisotopic (exact) mass is 268 g/mol. The van der Waals surface area contributed by atoms with Gasteiger partial charge in [-0.25, -0.2) is 0 Å². The normalized spacial score (nSPS) is 24.0. The number of nitrogens with two attached hydrogens (primary N) is 1. The molecule has 1 aromatic rings. The Bertz CT molecular complexity index is 405. The van der Waals surface area contributed by atoms with E-state index in [2.05, 4.69) is 43.9 Å². The molecule has 2 N–H and O–H groups in total. The number of benzene rings is 1. The second-order valence-electron chi connectivity index (χ2n) is 5.91. The molecule has 0 bridgehead atoms. The largest absolute Gasteiger partial charge is 0.330 e. The molecule has 0 radical (unpaired) electrons. The highest BCUT2D eigenvalue weighted by atomic mass is 35.5. The Hall–Kier alpha value is -0.570. The van der Waals surface area contributed by atoms with Gasteiger partial charge in [0.05, 0.1) is 0 Å². The average Bonchev–Trinajstić information content (AvgIpc) is 2.66. The lowest BCUT2D eigenvalue weighted by Crippen LogP contribution is -2.31. The molecule has 0 aliphatic carbocycles. The van der Waals surface area contributed by atoms with E-state index in [1.807, 2.05) is 0 Å². The van der Waals surface area contributed by atoms with Crippen molar-refractivity contribution in [2.75, 3.05) is 19.6 Å². The van der Waals surface area contributed by atoms with Gasteiger partial charge in [-0.3, -0.25) is 4.90 Å². The average molecular weight is 269 g/mol. The van der Waals surface area contributed by atoms with E-state index >= 15 is 0 Å². The van der Waals surface area contributed by atoms with E-state index in [9.17, 15) is 0 Å². The third-order valence-corrected chi connectivity index (χ3v) is 4.02. The van der Waals surface area contributed by atoms with Crippen LogP contribution in [0.2, 0.25) is 0 Å². The van der Waals surface area contributed by atoms with Gasteiger partial charge in [0, 0.05) is 13.1 Å². The van der Waals surface area contributed by atoms with E-state index < -0.39 is 0 Å². The fraction of sp³-hybridized carbons (Fsp3) is 0.600. The van der Waals surface area contributed by atoms with Crippen LogP contribution in [0.3, 0.4) is 0 Å². The molecule has 1 fully saturated rings. The van der Waals surface area contributed by atoms with E-state index in [0.717, 1.165) is 19.6 Å². The minimum absolute atomic E-state index is 0. The van der Waals surface area contributed by atoms with Crippen molar-refractivity contribution in [2.45, 2.75) is 33.7 Å². The van der Waals surface area contributed by atoms with Crippen molar-refractivity contribution in [1.82, 2.24) is 4.90 Å². The maximum Gasteiger partial charge on any atom is 0.0236 e. The van der Waals surface area contributed by atoms with E-state index in [0.29, 0.717) is 5.41 Å². The number of halogens is 1. The van der Waals surface area contributed by atoms with E-state index in [-0.39, 0.29) is 12.4 Å². The molecule has 102 valence electrons. The molecule has 2 rings (SSSR count). The third-order valence-electron chi connectivity index (χ3n) is 4.02. The Morgan fingerprint density at radius 2 is 2.06 bits per heavy atom. The number of aryl methyl sites for hydroxylation is 2. The first-order chi connectivity index (χ1) is 8.02. The van der Waals surface area contributed by atoms with Crippen molar-refractivity contribution >= 4 is 12.4 Å². The summed E-state index contributed by atoms with van der Waals surface area (Å²) in [7, 11) is 0. The Morgan fingerprint density at radius 1 is 1.33 bits per heavy atom. The SMILES string of the molecule is Cc1ccc(CN2CCC(C)(CN)C2)c(C)c1.Cl. The van der Waals surface area contributed by atoms with Gasteiger partial charge in [0.25, 0.3) is 0 Å². The highest BCUT2D eigenvalue weighted by Crippen LogP contribution is 2.29. The Balaban J connectivity index is 0.00000162. The van der Waals surface area contributed by atoms with Crippen LogP contribution in [0.15, 0.2) is 18.2 Å². The number of hydrogen-bond donors (Lipinski definition) is 1. The molecule has 18 heavy (non-hydrogen) atoms. The standard InChI is InChI=1S/C15H24N2.ClH/c1-12-4-5-14(13(2)8-12)9-17-7-6-15(3,10-16)11-17;/h4-5,8H,6-7,9-11,16H2,1-3H3;1H. The predicted molar refractivity (Wildman–Crippen MR) is 80.2 cm³/mol. The maximum absolute atomic E-state index is 5.85. The summed E-state index contributed by atoms with van der Waals surface area (Å²) in [6, 6.07) is 6.75. The van der Waals surface area contributed by atoms with Crippen molar-refractivity contribution in [3.8, 4) is 0 Å². The van der Waals surface area contributed by atoms with Crippen molar-refractivity contribution in [1.29, 1.82) is 0 Å². The fourth-order valence-corrected chi connectivity index (χ4v) is 2.69. The van der Waals surface area contributed by atoms with Gasteiger partial charge in [-0.1, -0.05) is 30.7 Å². The van der Waals surface area contributed by atoms with Gasteiger partial charge in [0.1, 0.15) is 0 Å². The second-order valence-corrected chi connectivity index (χ2v) is 5.91. The van der Waals surface area contributed by atoms with Crippen molar-refractivity contribution in [3.05, 3.63) is 34.9 Å². The molecule has 3 heteroatoms. The summed E-state index contributed by atoms with van der Waals surface area (Å²) in [6.07, 6.45) is 1.23. The van der Waals surface area contributed by atoms with Crippen LogP contribution in [0.25, 0.3) is 0 Å². The Kier molecular flexibility index (Phi) is 5.20. The van der Waals surface area contributed by atoms with E-state index in [1.165, 1.54) is 29.7 Å². The van der Waals surface area contributed by atoms with Gasteiger partial charge in [-0.2, -0.15) is 0 Å². The van der Waals surface area contributed by atoms with Crippen LogP contribution in [-0.4, -0.2) is 24.5 Å². The zero-order chi connectivity index (χ0) is 12.5. The Morgan fingerprint density at radius 3 is 2.61 bits per heavy atom. The zero-order valence-electron chi connectivity index (χ0n) is 11.7. The van der Waals surface area contributed by atoms with Crippen LogP contribution in [0.1, 0.15) is 30.0 Å². The maximum atomic E-state index is 5.85. The Labute approximate surface area is 117 Å². The minimum Gasteiger partial charge on any atom is -0.330 e. The van der Waals surface area contributed by atoms with Gasteiger partial charge in [0.15, 0.2) is 0 Å². The first-order valence-electron chi connectivity index (χ1n) is 6.51. The predicted octanol–water partition coefficient (Wildman–Crippen LogP) is 2.90. The molecular weight excluding hydrogens is 244 g/mol. The summed E-state index contributed by atoms with van der Waals surface area (Å²) in [5.74, 6) is 0. The zero-order valence-corrected chi connectivity index (χ0v) is 12.5. The van der Waals surface area contributed by atoms with Crippen LogP contribution < -0.4 is 5.73 Å². The van der Waals surface area contributed by atoms with E-state index in [1.54, 1.807) is 0 Å². The molecule has 1 aliphatic heterocycles. The van der Waals surface area contributed by atoms with Gasteiger partial charge in [-0.15, -0.1) is 12.4 Å². The van der Waals surface area contributed by atoms with Crippen LogP contribution in [0.5, 0.6) is 0 Å². The van der Waals surface area contributed by atoms with Gasteiger partial charge >= 0.3 is 0 Å². The summed E-state index contributed by atoms with van der Waals surface area (Å²) in [4.78, 5) is 2.53. The van der Waals surface area contributed by atoms with Crippen molar-refractivity contribution in [3.63, 3.8) is 0 Å². The van der Waals surface area contributed by atoms with Crippen LogP contribution in [-0.2, 0) is 6.54 Å². The van der Waals surface area contributed by atoms with E-state index in [4.69, 9.17) is 5.73 Å². The lowest BCUT2D eigenvalue weighted by atomic mass is 9.90. The first-order valence-corrected chi connectivity index (χ1v) is 6.51. The van der Waals surface area contributed by atoms with Gasteiger partial charge in [-0.05, 0) is 49.9 Å². The second kappa shape index (κ2) is 6.05. The lowest BCUT2D eigenvalue weighted by Gasteiger charge is -2.23. The number of nitrogens with zero attached hydrogens (tertiary/aromatic N) is 1. The summed E-state index contributed by atoms with van der Waals surface area (Å²) < 4.78 is 0. The van der Waals surface area contributed by atoms with Gasteiger partial charge < -0.3 is 5.73 Å². The highest BCUT2D eigenvalue weighted by Gasteiger charge is 2.32. The smallest absolute Gasteiger partial charge is 0.0236 e.